The number of carbonyl (C=O) groups is 1. The summed E-state index contributed by atoms with van der Waals surface area (Å²) >= 11 is 0. The minimum absolute atomic E-state index is 0.0277. The molecular weight excluding hydrogens is 254 g/mol. The second kappa shape index (κ2) is 5.63. The second-order valence-corrected chi connectivity index (χ2v) is 5.42. The molecular formula is C15H19N3O2. The zero-order valence-electron chi connectivity index (χ0n) is 11.6. The number of amides is 1. The van der Waals surface area contributed by atoms with Crippen LogP contribution in [0, 0.1) is 0 Å². The molecule has 1 saturated heterocycles. The molecule has 1 amide bonds. The van der Waals surface area contributed by atoms with E-state index in [-0.39, 0.29) is 11.9 Å². The van der Waals surface area contributed by atoms with Gasteiger partial charge < -0.3 is 14.6 Å². The van der Waals surface area contributed by atoms with E-state index in [9.17, 15) is 4.79 Å². The van der Waals surface area contributed by atoms with E-state index in [1.54, 1.807) is 6.08 Å². The van der Waals surface area contributed by atoms with E-state index in [0.29, 0.717) is 17.8 Å². The molecule has 2 heterocycles. The fraction of sp³-hybridized carbons (Fsp3) is 0.467. The Labute approximate surface area is 118 Å². The third-order valence-electron chi connectivity index (χ3n) is 3.88. The van der Waals surface area contributed by atoms with Crippen LogP contribution in [-0.2, 0) is 11.2 Å². The van der Waals surface area contributed by atoms with Gasteiger partial charge in [0.25, 0.3) is 5.91 Å². The fourth-order valence-electron chi connectivity index (χ4n) is 2.60. The number of hydrogen-bond donors (Lipinski definition) is 1. The molecule has 5 heteroatoms. The summed E-state index contributed by atoms with van der Waals surface area (Å²) in [6.45, 7) is 2.07. The van der Waals surface area contributed by atoms with Gasteiger partial charge in [-0.05, 0) is 39.1 Å². The molecule has 1 aromatic rings. The summed E-state index contributed by atoms with van der Waals surface area (Å²) in [5.41, 5.74) is 1.52. The smallest absolute Gasteiger partial charge is 0.251 e. The predicted octanol–water partition coefficient (Wildman–Crippen LogP) is 1.38. The average molecular weight is 273 g/mol. The lowest BCUT2D eigenvalue weighted by Gasteiger charge is -2.29. The van der Waals surface area contributed by atoms with Crippen molar-refractivity contribution in [3.63, 3.8) is 0 Å². The molecule has 0 aromatic carbocycles. The van der Waals surface area contributed by atoms with Crippen LogP contribution in [0.5, 0.6) is 0 Å². The van der Waals surface area contributed by atoms with Crippen molar-refractivity contribution in [2.24, 2.45) is 0 Å². The van der Waals surface area contributed by atoms with Gasteiger partial charge in [0.05, 0.1) is 5.69 Å². The van der Waals surface area contributed by atoms with Gasteiger partial charge in [-0.1, -0.05) is 12.2 Å². The van der Waals surface area contributed by atoms with E-state index in [1.807, 2.05) is 12.2 Å². The van der Waals surface area contributed by atoms with Gasteiger partial charge in [0.15, 0.2) is 12.2 Å². The van der Waals surface area contributed by atoms with Gasteiger partial charge in [0, 0.05) is 18.0 Å². The van der Waals surface area contributed by atoms with Crippen LogP contribution in [0.2, 0.25) is 0 Å². The number of fused-ring (bicyclic) bond motifs is 1. The van der Waals surface area contributed by atoms with Gasteiger partial charge in [0.1, 0.15) is 0 Å². The Hall–Kier alpha value is -1.88. The maximum Gasteiger partial charge on any atom is 0.251 e. The highest BCUT2D eigenvalue weighted by Crippen LogP contribution is 2.18. The molecule has 106 valence electrons. The largest absolute Gasteiger partial charge is 0.444 e. The SMILES string of the molecule is CN1CCC(NC(=O)C2=Cc3ocnc3CC=C2)CC1. The Balaban J connectivity index is 1.68. The lowest BCUT2D eigenvalue weighted by Crippen LogP contribution is -2.43. The number of likely N-dealkylation sites (tertiary alicyclic amines) is 1. The van der Waals surface area contributed by atoms with E-state index in [4.69, 9.17) is 4.42 Å². The summed E-state index contributed by atoms with van der Waals surface area (Å²) in [6, 6.07) is 0.269. The fourth-order valence-corrected chi connectivity index (χ4v) is 2.60. The summed E-state index contributed by atoms with van der Waals surface area (Å²) in [7, 11) is 2.11. The molecule has 1 aromatic heterocycles. The quantitative estimate of drug-likeness (QED) is 0.884. The first kappa shape index (κ1) is 13.1. The lowest BCUT2D eigenvalue weighted by molar-refractivity contribution is -0.118. The normalized spacial score (nSPS) is 20.1. The average Bonchev–Trinajstić information content (AvgIpc) is 2.78. The van der Waals surface area contributed by atoms with E-state index in [1.165, 1.54) is 6.39 Å². The number of rotatable bonds is 2. The van der Waals surface area contributed by atoms with Gasteiger partial charge in [-0.2, -0.15) is 0 Å². The first-order valence-electron chi connectivity index (χ1n) is 7.02. The van der Waals surface area contributed by atoms with Crippen LogP contribution in [0.4, 0.5) is 0 Å². The summed E-state index contributed by atoms with van der Waals surface area (Å²) in [5.74, 6) is 0.656. The molecule has 0 atom stereocenters. The van der Waals surface area contributed by atoms with Gasteiger partial charge in [0.2, 0.25) is 0 Å². The maximum atomic E-state index is 12.3. The third kappa shape index (κ3) is 2.82. The molecule has 1 fully saturated rings. The van der Waals surface area contributed by atoms with E-state index in [2.05, 4.69) is 22.2 Å². The van der Waals surface area contributed by atoms with Crippen molar-refractivity contribution in [1.82, 2.24) is 15.2 Å². The summed E-state index contributed by atoms with van der Waals surface area (Å²) < 4.78 is 5.31. The van der Waals surface area contributed by atoms with E-state index in [0.717, 1.165) is 31.6 Å². The van der Waals surface area contributed by atoms with Crippen molar-refractivity contribution in [2.45, 2.75) is 25.3 Å². The maximum absolute atomic E-state index is 12.3. The van der Waals surface area contributed by atoms with Crippen molar-refractivity contribution in [3.8, 4) is 0 Å². The van der Waals surface area contributed by atoms with Gasteiger partial charge in [-0.3, -0.25) is 4.79 Å². The number of oxazole rings is 1. The molecule has 0 unspecified atom stereocenters. The zero-order chi connectivity index (χ0) is 13.9. The van der Waals surface area contributed by atoms with Crippen LogP contribution >= 0.6 is 0 Å². The molecule has 1 N–H and O–H groups in total. The van der Waals surface area contributed by atoms with Crippen molar-refractivity contribution in [3.05, 3.63) is 35.6 Å². The van der Waals surface area contributed by atoms with Crippen LogP contribution in [0.3, 0.4) is 0 Å². The monoisotopic (exact) mass is 273 g/mol. The number of hydrogen-bond acceptors (Lipinski definition) is 4. The zero-order valence-corrected chi connectivity index (χ0v) is 11.6. The molecule has 1 aliphatic carbocycles. The number of carbonyl (C=O) groups excluding carboxylic acids is 1. The Morgan fingerprint density at radius 3 is 3.05 bits per heavy atom. The number of nitrogens with one attached hydrogen (secondary N) is 1. The van der Waals surface area contributed by atoms with Crippen molar-refractivity contribution >= 4 is 12.0 Å². The highest BCUT2D eigenvalue weighted by atomic mass is 16.3. The Morgan fingerprint density at radius 2 is 2.25 bits per heavy atom. The van der Waals surface area contributed by atoms with Gasteiger partial charge >= 0.3 is 0 Å². The second-order valence-electron chi connectivity index (χ2n) is 5.42. The predicted molar refractivity (Wildman–Crippen MR) is 76.0 cm³/mol. The molecule has 0 radical (unpaired) electrons. The van der Waals surface area contributed by atoms with E-state index >= 15 is 0 Å². The summed E-state index contributed by atoms with van der Waals surface area (Å²) in [6.07, 6.45) is 9.71. The highest BCUT2D eigenvalue weighted by Gasteiger charge is 2.20. The van der Waals surface area contributed by atoms with Gasteiger partial charge in [-0.25, -0.2) is 4.98 Å². The number of aromatic nitrogens is 1. The minimum Gasteiger partial charge on any atom is -0.444 e. The molecule has 0 spiro atoms. The molecule has 20 heavy (non-hydrogen) atoms. The van der Waals surface area contributed by atoms with Crippen LogP contribution in [-0.4, -0.2) is 42.0 Å². The van der Waals surface area contributed by atoms with Crippen LogP contribution in [0.15, 0.2) is 28.5 Å². The topological polar surface area (TPSA) is 58.4 Å². The van der Waals surface area contributed by atoms with Crippen molar-refractivity contribution in [1.29, 1.82) is 0 Å². The van der Waals surface area contributed by atoms with Gasteiger partial charge in [-0.15, -0.1) is 0 Å². The van der Waals surface area contributed by atoms with Crippen molar-refractivity contribution < 1.29 is 9.21 Å². The molecule has 2 aliphatic rings. The Kier molecular flexibility index (Phi) is 3.69. The standard InChI is InChI=1S/C15H19N3O2/c1-18-7-5-12(6-8-18)17-15(19)11-3-2-4-13-14(9-11)20-10-16-13/h2-3,9-10,12H,4-8H2,1H3,(H,17,19). The minimum atomic E-state index is -0.0277. The number of allylic oxidation sites excluding steroid dienone is 1. The van der Waals surface area contributed by atoms with Crippen LogP contribution in [0.25, 0.3) is 6.08 Å². The van der Waals surface area contributed by atoms with E-state index < -0.39 is 0 Å². The highest BCUT2D eigenvalue weighted by molar-refractivity contribution is 6.00. The van der Waals surface area contributed by atoms with Crippen molar-refractivity contribution in [2.75, 3.05) is 20.1 Å². The summed E-state index contributed by atoms with van der Waals surface area (Å²) in [5, 5.41) is 3.11. The third-order valence-corrected chi connectivity index (χ3v) is 3.88. The molecule has 3 rings (SSSR count). The molecule has 0 saturated carbocycles. The Morgan fingerprint density at radius 1 is 1.45 bits per heavy atom. The number of nitrogens with zero attached hydrogens (tertiary/aromatic N) is 2. The first-order chi connectivity index (χ1) is 9.72. The Bertz CT molecular complexity index is 551. The number of piperidine rings is 1. The van der Waals surface area contributed by atoms with Crippen LogP contribution < -0.4 is 5.32 Å². The molecule has 1 aliphatic heterocycles. The molecule has 0 bridgehead atoms. The lowest BCUT2D eigenvalue weighted by atomic mass is 10.0. The van der Waals surface area contributed by atoms with Crippen LogP contribution in [0.1, 0.15) is 24.3 Å². The first-order valence-corrected chi connectivity index (χ1v) is 7.02. The summed E-state index contributed by atoms with van der Waals surface area (Å²) in [4.78, 5) is 18.7. The molecule has 5 nitrogen and oxygen atoms in total.